The number of aromatic nitrogens is 2. The van der Waals surface area contributed by atoms with Gasteiger partial charge in [0.1, 0.15) is 11.6 Å². The highest BCUT2D eigenvalue weighted by Gasteiger charge is 2.18. The van der Waals surface area contributed by atoms with E-state index in [1.54, 1.807) is 12.1 Å². The summed E-state index contributed by atoms with van der Waals surface area (Å²) >= 11 is 6.24. The quantitative estimate of drug-likeness (QED) is 0.757. The maximum Gasteiger partial charge on any atom is 0.226 e. The number of benzene rings is 2. The topological polar surface area (TPSA) is 41.1 Å². The van der Waals surface area contributed by atoms with Crippen LogP contribution in [0.3, 0.4) is 0 Å². The highest BCUT2D eigenvalue weighted by Crippen LogP contribution is 2.33. The lowest BCUT2D eigenvalue weighted by molar-refractivity contribution is 0.580. The minimum atomic E-state index is -0.416. The highest BCUT2D eigenvalue weighted by atomic mass is 35.5. The minimum absolute atomic E-state index is 0.260. The number of hydrogen-bond acceptors (Lipinski definition) is 4. The van der Waals surface area contributed by atoms with E-state index in [2.05, 4.69) is 15.3 Å². The van der Waals surface area contributed by atoms with E-state index in [0.29, 0.717) is 28.1 Å². The average molecular weight is 361 g/mol. The predicted octanol–water partition coefficient (Wildman–Crippen LogP) is 3.64. The maximum absolute atomic E-state index is 13.7. The normalized spacial score (nSPS) is 14.9. The second kappa shape index (κ2) is 6.54. The van der Waals surface area contributed by atoms with Gasteiger partial charge in [0.05, 0.1) is 16.2 Å². The molecule has 3 aromatic rings. The SMILES string of the molecule is Fc1ccc(-c2nc(N3CCNCC3)nc3cc(F)ccc23)c(Cl)c1. The van der Waals surface area contributed by atoms with Crippen molar-refractivity contribution in [3.8, 4) is 11.3 Å². The van der Waals surface area contributed by atoms with Gasteiger partial charge in [0, 0.05) is 43.2 Å². The lowest BCUT2D eigenvalue weighted by atomic mass is 10.1. The van der Waals surface area contributed by atoms with Crippen molar-refractivity contribution >= 4 is 28.5 Å². The Hall–Kier alpha value is -2.31. The van der Waals surface area contributed by atoms with Crippen LogP contribution < -0.4 is 10.2 Å². The molecule has 2 aromatic carbocycles. The third-order valence-electron chi connectivity index (χ3n) is 4.23. The van der Waals surface area contributed by atoms with Gasteiger partial charge in [0.15, 0.2) is 0 Å². The van der Waals surface area contributed by atoms with Gasteiger partial charge in [0.2, 0.25) is 5.95 Å². The van der Waals surface area contributed by atoms with Crippen molar-refractivity contribution in [2.45, 2.75) is 0 Å². The first-order chi connectivity index (χ1) is 12.1. The lowest BCUT2D eigenvalue weighted by Gasteiger charge is -2.28. The molecule has 0 spiro atoms. The Morgan fingerprint density at radius 1 is 0.960 bits per heavy atom. The summed E-state index contributed by atoms with van der Waals surface area (Å²) in [4.78, 5) is 11.2. The summed E-state index contributed by atoms with van der Waals surface area (Å²) < 4.78 is 27.1. The molecule has 0 bridgehead atoms. The van der Waals surface area contributed by atoms with E-state index in [0.717, 1.165) is 26.2 Å². The van der Waals surface area contributed by atoms with Gasteiger partial charge in [-0.3, -0.25) is 0 Å². The van der Waals surface area contributed by atoms with E-state index >= 15 is 0 Å². The van der Waals surface area contributed by atoms with E-state index in [1.165, 1.54) is 24.3 Å². The fourth-order valence-electron chi connectivity index (χ4n) is 2.98. The van der Waals surface area contributed by atoms with Gasteiger partial charge in [0.25, 0.3) is 0 Å². The van der Waals surface area contributed by atoms with Crippen LogP contribution in [-0.4, -0.2) is 36.1 Å². The van der Waals surface area contributed by atoms with Gasteiger partial charge < -0.3 is 10.2 Å². The van der Waals surface area contributed by atoms with Gasteiger partial charge in [-0.25, -0.2) is 18.7 Å². The van der Waals surface area contributed by atoms with Gasteiger partial charge in [-0.1, -0.05) is 11.6 Å². The van der Waals surface area contributed by atoms with Gasteiger partial charge in [-0.2, -0.15) is 0 Å². The molecule has 1 aliphatic heterocycles. The molecule has 1 saturated heterocycles. The van der Waals surface area contributed by atoms with Crippen molar-refractivity contribution in [2.75, 3.05) is 31.1 Å². The van der Waals surface area contributed by atoms with Crippen LogP contribution in [0.5, 0.6) is 0 Å². The number of anilines is 1. The van der Waals surface area contributed by atoms with Gasteiger partial charge in [-0.15, -0.1) is 0 Å². The summed E-state index contributed by atoms with van der Waals surface area (Å²) in [5.41, 5.74) is 1.67. The number of rotatable bonds is 2. The molecule has 0 atom stereocenters. The van der Waals surface area contributed by atoms with E-state index in [9.17, 15) is 8.78 Å². The predicted molar refractivity (Wildman–Crippen MR) is 95.0 cm³/mol. The van der Waals surface area contributed by atoms with Gasteiger partial charge in [-0.05, 0) is 30.3 Å². The van der Waals surface area contributed by atoms with E-state index in [1.807, 2.05) is 4.90 Å². The van der Waals surface area contributed by atoms with E-state index in [-0.39, 0.29) is 10.8 Å². The van der Waals surface area contributed by atoms with E-state index < -0.39 is 5.82 Å². The van der Waals surface area contributed by atoms with Crippen molar-refractivity contribution in [2.24, 2.45) is 0 Å². The molecule has 25 heavy (non-hydrogen) atoms. The first-order valence-electron chi connectivity index (χ1n) is 8.00. The molecule has 0 aliphatic carbocycles. The third kappa shape index (κ3) is 3.15. The molecule has 0 amide bonds. The molecule has 7 heteroatoms. The van der Waals surface area contributed by atoms with Crippen LogP contribution in [0.4, 0.5) is 14.7 Å². The Morgan fingerprint density at radius 3 is 2.44 bits per heavy atom. The second-order valence-corrected chi connectivity index (χ2v) is 6.30. The summed E-state index contributed by atoms with van der Waals surface area (Å²) in [7, 11) is 0. The molecule has 0 unspecified atom stereocenters. The number of fused-ring (bicyclic) bond motifs is 1. The Balaban J connectivity index is 1.94. The third-order valence-corrected chi connectivity index (χ3v) is 4.55. The first-order valence-corrected chi connectivity index (χ1v) is 8.38. The summed E-state index contributed by atoms with van der Waals surface area (Å²) in [6.07, 6.45) is 0. The van der Waals surface area contributed by atoms with Crippen LogP contribution >= 0.6 is 11.6 Å². The minimum Gasteiger partial charge on any atom is -0.338 e. The number of piperazine rings is 1. The van der Waals surface area contributed by atoms with Crippen molar-refractivity contribution in [3.05, 3.63) is 53.1 Å². The van der Waals surface area contributed by atoms with Crippen molar-refractivity contribution < 1.29 is 8.78 Å². The van der Waals surface area contributed by atoms with Crippen LogP contribution in [-0.2, 0) is 0 Å². The molecule has 0 radical (unpaired) electrons. The zero-order valence-electron chi connectivity index (χ0n) is 13.3. The van der Waals surface area contributed by atoms with Crippen molar-refractivity contribution in [1.29, 1.82) is 0 Å². The largest absolute Gasteiger partial charge is 0.338 e. The van der Waals surface area contributed by atoms with Crippen LogP contribution in [0.2, 0.25) is 5.02 Å². The lowest BCUT2D eigenvalue weighted by Crippen LogP contribution is -2.44. The zero-order chi connectivity index (χ0) is 17.4. The summed E-state index contributed by atoms with van der Waals surface area (Å²) in [5.74, 6) is -0.260. The Kier molecular flexibility index (Phi) is 4.23. The zero-order valence-corrected chi connectivity index (χ0v) is 14.0. The molecule has 4 nitrogen and oxygen atoms in total. The fraction of sp³-hybridized carbons (Fsp3) is 0.222. The molecular formula is C18H15ClF2N4. The molecule has 2 heterocycles. The van der Waals surface area contributed by atoms with Crippen LogP contribution in [0.1, 0.15) is 0 Å². The number of nitrogens with zero attached hydrogens (tertiary/aromatic N) is 3. The molecule has 0 saturated carbocycles. The summed E-state index contributed by atoms with van der Waals surface area (Å²) in [6.45, 7) is 3.18. The first kappa shape index (κ1) is 16.2. The number of hydrogen-bond donors (Lipinski definition) is 1. The Bertz CT molecular complexity index is 942. The standard InChI is InChI=1S/C18H15ClF2N4/c19-15-9-11(20)1-3-13(15)17-14-4-2-12(21)10-16(14)23-18(24-17)25-7-5-22-6-8-25/h1-4,9-10,22H,5-8H2. The Labute approximate surface area is 148 Å². The fourth-order valence-corrected chi connectivity index (χ4v) is 3.24. The summed E-state index contributed by atoms with van der Waals surface area (Å²) in [6, 6.07) is 8.54. The van der Waals surface area contributed by atoms with Crippen molar-refractivity contribution in [1.82, 2.24) is 15.3 Å². The monoisotopic (exact) mass is 360 g/mol. The maximum atomic E-state index is 13.7. The smallest absolute Gasteiger partial charge is 0.226 e. The van der Waals surface area contributed by atoms with Crippen molar-refractivity contribution in [3.63, 3.8) is 0 Å². The van der Waals surface area contributed by atoms with Crippen LogP contribution in [0.25, 0.3) is 22.2 Å². The highest BCUT2D eigenvalue weighted by molar-refractivity contribution is 6.33. The molecule has 1 N–H and O–H groups in total. The summed E-state index contributed by atoms with van der Waals surface area (Å²) in [5, 5.41) is 4.21. The molecular weight excluding hydrogens is 346 g/mol. The Morgan fingerprint density at radius 2 is 1.68 bits per heavy atom. The molecule has 1 aromatic heterocycles. The second-order valence-electron chi connectivity index (χ2n) is 5.89. The van der Waals surface area contributed by atoms with Crippen LogP contribution in [0, 0.1) is 11.6 Å². The van der Waals surface area contributed by atoms with Gasteiger partial charge >= 0.3 is 0 Å². The van der Waals surface area contributed by atoms with Crippen LogP contribution in [0.15, 0.2) is 36.4 Å². The molecule has 1 aliphatic rings. The number of nitrogens with one attached hydrogen (secondary N) is 1. The van der Waals surface area contributed by atoms with E-state index in [4.69, 9.17) is 11.6 Å². The molecule has 128 valence electrons. The number of halogens is 3. The molecule has 4 rings (SSSR count). The molecule has 1 fully saturated rings. The average Bonchev–Trinajstić information content (AvgIpc) is 2.61.